The third-order valence-electron chi connectivity index (χ3n) is 4.84. The Kier molecular flexibility index (Phi) is 8.06. The van der Waals surface area contributed by atoms with Crippen LogP contribution in [0.5, 0.6) is 5.75 Å². The van der Waals surface area contributed by atoms with Crippen molar-refractivity contribution in [1.29, 1.82) is 0 Å². The number of aryl methyl sites for hydroxylation is 1. The van der Waals surface area contributed by atoms with Gasteiger partial charge in [-0.2, -0.15) is 0 Å². The van der Waals surface area contributed by atoms with Crippen LogP contribution >= 0.6 is 23.1 Å². The van der Waals surface area contributed by atoms with E-state index in [4.69, 9.17) is 4.74 Å². The van der Waals surface area contributed by atoms with Crippen LogP contribution in [0, 0.1) is 6.92 Å². The Morgan fingerprint density at radius 1 is 1.03 bits per heavy atom. The quantitative estimate of drug-likeness (QED) is 0.313. The van der Waals surface area contributed by atoms with Crippen LogP contribution in [0.25, 0.3) is 0 Å². The average molecular weight is 510 g/mol. The van der Waals surface area contributed by atoms with Gasteiger partial charge in [0.2, 0.25) is 11.0 Å². The molecule has 0 saturated heterocycles. The number of amides is 2. The van der Waals surface area contributed by atoms with Crippen molar-refractivity contribution in [1.82, 2.24) is 30.3 Å². The fourth-order valence-electron chi connectivity index (χ4n) is 3.12. The first-order valence-electron chi connectivity index (χ1n) is 10.6. The predicted octanol–water partition coefficient (Wildman–Crippen LogP) is 3.16. The molecule has 0 fully saturated rings. The summed E-state index contributed by atoms with van der Waals surface area (Å²) >= 11 is 2.58. The van der Waals surface area contributed by atoms with Crippen molar-refractivity contribution in [3.05, 3.63) is 76.6 Å². The van der Waals surface area contributed by atoms with Crippen molar-refractivity contribution in [2.75, 3.05) is 18.2 Å². The van der Waals surface area contributed by atoms with Gasteiger partial charge in [0.05, 0.1) is 26.0 Å². The van der Waals surface area contributed by atoms with Crippen LogP contribution in [0.3, 0.4) is 0 Å². The fourth-order valence-corrected chi connectivity index (χ4v) is 4.48. The lowest BCUT2D eigenvalue weighted by molar-refractivity contribution is -0.113. The van der Waals surface area contributed by atoms with Gasteiger partial charge in [0.15, 0.2) is 11.0 Å². The molecule has 0 radical (unpaired) electrons. The number of ether oxygens (including phenoxy) is 1. The van der Waals surface area contributed by atoms with Crippen molar-refractivity contribution in [3.63, 3.8) is 0 Å². The zero-order valence-corrected chi connectivity index (χ0v) is 20.7. The van der Waals surface area contributed by atoms with E-state index in [0.717, 1.165) is 10.6 Å². The molecule has 4 aromatic rings. The summed E-state index contributed by atoms with van der Waals surface area (Å²) in [6.07, 6.45) is 0. The van der Waals surface area contributed by atoms with Crippen LogP contribution in [-0.2, 0) is 17.9 Å². The summed E-state index contributed by atoms with van der Waals surface area (Å²) in [5.74, 6) is 0.941. The molecule has 180 valence electrons. The van der Waals surface area contributed by atoms with Crippen LogP contribution in [-0.4, -0.2) is 49.6 Å². The summed E-state index contributed by atoms with van der Waals surface area (Å²) in [5.41, 5.74) is 1.56. The minimum atomic E-state index is -0.233. The van der Waals surface area contributed by atoms with E-state index in [1.54, 1.807) is 31.4 Å². The summed E-state index contributed by atoms with van der Waals surface area (Å²) in [6, 6.07) is 16.7. The molecule has 12 heteroatoms. The zero-order valence-electron chi connectivity index (χ0n) is 19.1. The highest BCUT2D eigenvalue weighted by molar-refractivity contribution is 7.99. The van der Waals surface area contributed by atoms with Crippen LogP contribution in [0.4, 0.5) is 5.13 Å². The highest BCUT2D eigenvalue weighted by Crippen LogP contribution is 2.20. The van der Waals surface area contributed by atoms with Crippen LogP contribution in [0.2, 0.25) is 0 Å². The Labute approximate surface area is 210 Å². The number of hydrogen-bond donors (Lipinski definition) is 2. The predicted molar refractivity (Wildman–Crippen MR) is 134 cm³/mol. The molecule has 0 bridgehead atoms. The lowest BCUT2D eigenvalue weighted by atomic mass is 10.2. The molecule has 0 unspecified atom stereocenters. The van der Waals surface area contributed by atoms with Crippen LogP contribution in [0.1, 0.15) is 26.8 Å². The Morgan fingerprint density at radius 2 is 1.80 bits per heavy atom. The molecule has 0 spiro atoms. The Morgan fingerprint density at radius 3 is 2.49 bits per heavy atom. The molecule has 0 aliphatic heterocycles. The Bertz CT molecular complexity index is 1290. The van der Waals surface area contributed by atoms with E-state index in [1.807, 2.05) is 41.8 Å². The number of methoxy groups -OCH3 is 1. The minimum Gasteiger partial charge on any atom is -0.497 e. The van der Waals surface area contributed by atoms with E-state index >= 15 is 0 Å². The molecule has 2 amide bonds. The second-order valence-electron chi connectivity index (χ2n) is 7.34. The van der Waals surface area contributed by atoms with Crippen molar-refractivity contribution in [3.8, 4) is 5.75 Å². The molecule has 10 nitrogen and oxygen atoms in total. The average Bonchev–Trinajstić information content (AvgIpc) is 3.47. The van der Waals surface area contributed by atoms with Gasteiger partial charge in [-0.25, -0.2) is 0 Å². The third kappa shape index (κ3) is 6.64. The summed E-state index contributed by atoms with van der Waals surface area (Å²) in [5, 5.41) is 23.8. The minimum absolute atomic E-state index is 0.129. The SMILES string of the molecule is COc1ccc(C(=O)NCc2nnc(SCC(=O)Nc3nnc(C)s3)n2Cc2ccccc2)cc1. The second-order valence-corrected chi connectivity index (χ2v) is 9.47. The molecular weight excluding hydrogens is 486 g/mol. The van der Waals surface area contributed by atoms with Crippen molar-refractivity contribution >= 4 is 40.0 Å². The molecule has 0 aliphatic carbocycles. The Hall–Kier alpha value is -3.77. The van der Waals surface area contributed by atoms with E-state index in [1.165, 1.54) is 23.1 Å². The summed E-state index contributed by atoms with van der Waals surface area (Å²) in [4.78, 5) is 25.0. The number of carbonyl (C=O) groups is 2. The first-order valence-corrected chi connectivity index (χ1v) is 12.4. The van der Waals surface area contributed by atoms with Gasteiger partial charge in [0.25, 0.3) is 5.91 Å². The van der Waals surface area contributed by atoms with Crippen molar-refractivity contribution in [2.24, 2.45) is 0 Å². The normalized spacial score (nSPS) is 10.7. The monoisotopic (exact) mass is 509 g/mol. The maximum atomic E-state index is 12.6. The van der Waals surface area contributed by atoms with E-state index < -0.39 is 0 Å². The van der Waals surface area contributed by atoms with Gasteiger partial charge in [-0.3, -0.25) is 14.9 Å². The molecule has 35 heavy (non-hydrogen) atoms. The number of hydrogen-bond acceptors (Lipinski definition) is 9. The summed E-state index contributed by atoms with van der Waals surface area (Å²) in [6.45, 7) is 2.51. The van der Waals surface area contributed by atoms with Gasteiger partial charge < -0.3 is 14.6 Å². The number of thioether (sulfide) groups is 1. The standard InChI is InChI=1S/C23H23N7O3S2/c1-15-26-28-22(35-15)25-20(31)14-34-23-29-27-19(30(23)13-16-6-4-3-5-7-16)12-24-21(32)17-8-10-18(33-2)11-9-17/h3-11H,12-14H2,1-2H3,(H,24,32)(H,25,28,31). The number of anilines is 1. The third-order valence-corrected chi connectivity index (χ3v) is 6.56. The maximum absolute atomic E-state index is 12.6. The van der Waals surface area contributed by atoms with E-state index in [-0.39, 0.29) is 24.1 Å². The second kappa shape index (κ2) is 11.6. The highest BCUT2D eigenvalue weighted by Gasteiger charge is 2.17. The van der Waals surface area contributed by atoms with E-state index in [0.29, 0.717) is 34.0 Å². The van der Waals surface area contributed by atoms with Crippen LogP contribution < -0.4 is 15.4 Å². The van der Waals surface area contributed by atoms with Gasteiger partial charge in [0.1, 0.15) is 10.8 Å². The number of benzene rings is 2. The number of rotatable bonds is 10. The molecule has 2 heterocycles. The number of aromatic nitrogens is 5. The molecule has 0 aliphatic rings. The highest BCUT2D eigenvalue weighted by atomic mass is 32.2. The Balaban J connectivity index is 1.44. The molecule has 2 aromatic heterocycles. The van der Waals surface area contributed by atoms with Crippen molar-refractivity contribution in [2.45, 2.75) is 25.2 Å². The van der Waals surface area contributed by atoms with Crippen molar-refractivity contribution < 1.29 is 14.3 Å². The van der Waals surface area contributed by atoms with Gasteiger partial charge in [0, 0.05) is 5.56 Å². The number of carbonyl (C=O) groups excluding carboxylic acids is 2. The molecule has 0 atom stereocenters. The number of nitrogens with zero attached hydrogens (tertiary/aromatic N) is 5. The lowest BCUT2D eigenvalue weighted by Crippen LogP contribution is -2.25. The van der Waals surface area contributed by atoms with Gasteiger partial charge >= 0.3 is 0 Å². The largest absolute Gasteiger partial charge is 0.497 e. The molecule has 0 saturated carbocycles. The first kappa shape index (κ1) is 24.4. The fraction of sp³-hybridized carbons (Fsp3) is 0.217. The summed E-state index contributed by atoms with van der Waals surface area (Å²) in [7, 11) is 1.57. The molecular formula is C23H23N7O3S2. The van der Waals surface area contributed by atoms with Gasteiger partial charge in [-0.05, 0) is 36.8 Å². The first-order chi connectivity index (χ1) is 17.0. The number of nitrogens with one attached hydrogen (secondary N) is 2. The molecule has 4 rings (SSSR count). The van der Waals surface area contributed by atoms with Crippen LogP contribution in [0.15, 0.2) is 59.8 Å². The van der Waals surface area contributed by atoms with Gasteiger partial charge in [-0.15, -0.1) is 20.4 Å². The molecule has 2 aromatic carbocycles. The zero-order chi connectivity index (χ0) is 24.6. The smallest absolute Gasteiger partial charge is 0.251 e. The van der Waals surface area contributed by atoms with E-state index in [9.17, 15) is 9.59 Å². The topological polar surface area (TPSA) is 124 Å². The lowest BCUT2D eigenvalue weighted by Gasteiger charge is -2.11. The van der Waals surface area contributed by atoms with Gasteiger partial charge in [-0.1, -0.05) is 53.4 Å². The molecule has 2 N–H and O–H groups in total. The maximum Gasteiger partial charge on any atom is 0.251 e. The summed E-state index contributed by atoms with van der Waals surface area (Å²) < 4.78 is 7.04. The van der Waals surface area contributed by atoms with E-state index in [2.05, 4.69) is 31.0 Å².